The Morgan fingerprint density at radius 2 is 2.25 bits per heavy atom. The molecule has 0 aromatic carbocycles. The summed E-state index contributed by atoms with van der Waals surface area (Å²) in [6, 6.07) is 4.12. The Labute approximate surface area is 154 Å². The average molecular weight is 387 g/mol. The van der Waals surface area contributed by atoms with Crippen molar-refractivity contribution >= 4 is 45.5 Å². The number of aromatic nitrogens is 2. The van der Waals surface area contributed by atoms with Gasteiger partial charge in [-0.2, -0.15) is 0 Å². The third-order valence-electron chi connectivity index (χ3n) is 3.15. The average Bonchev–Trinajstić information content (AvgIpc) is 3.22. The first-order chi connectivity index (χ1) is 11.6. The van der Waals surface area contributed by atoms with Crippen molar-refractivity contribution in [2.24, 2.45) is 5.92 Å². The van der Waals surface area contributed by atoms with Crippen molar-refractivity contribution in [3.63, 3.8) is 0 Å². The topological polar surface area (TPSA) is 76.1 Å². The van der Waals surface area contributed by atoms with E-state index >= 15 is 0 Å². The summed E-state index contributed by atoms with van der Waals surface area (Å²) in [5.41, 5.74) is 0. The van der Waals surface area contributed by atoms with E-state index < -0.39 is 0 Å². The van der Waals surface area contributed by atoms with Crippen LogP contribution in [0.25, 0.3) is 0 Å². The standard InChI is InChI=1S/C15H22N4O2S3/c1-10(2)13(11-5-4-8-22-11)17-12(20)9-23-15-19-18-14(24-15)16-6-7-21-3/h4-5,8,10,13H,6-7,9H2,1-3H3,(H,16,18)(H,17,20). The van der Waals surface area contributed by atoms with Crippen LogP contribution in [0.1, 0.15) is 24.8 Å². The largest absolute Gasteiger partial charge is 0.383 e. The van der Waals surface area contributed by atoms with Gasteiger partial charge in [-0.1, -0.05) is 43.0 Å². The van der Waals surface area contributed by atoms with Crippen LogP contribution < -0.4 is 10.6 Å². The molecule has 24 heavy (non-hydrogen) atoms. The van der Waals surface area contributed by atoms with E-state index in [2.05, 4.69) is 40.7 Å². The van der Waals surface area contributed by atoms with Gasteiger partial charge in [0, 0.05) is 18.5 Å². The Morgan fingerprint density at radius 1 is 1.42 bits per heavy atom. The zero-order valence-corrected chi connectivity index (χ0v) is 16.4. The minimum absolute atomic E-state index is 0.0104. The van der Waals surface area contributed by atoms with E-state index in [0.717, 1.165) is 9.47 Å². The SMILES string of the molecule is COCCNc1nnc(SCC(=O)NC(c2cccs2)C(C)C)s1. The maximum atomic E-state index is 12.2. The number of nitrogens with one attached hydrogen (secondary N) is 2. The zero-order chi connectivity index (χ0) is 17.4. The van der Waals surface area contributed by atoms with Crippen molar-refractivity contribution in [3.8, 4) is 0 Å². The Balaban J connectivity index is 1.80. The van der Waals surface area contributed by atoms with Crippen LogP contribution in [0.3, 0.4) is 0 Å². The fraction of sp³-hybridized carbons (Fsp3) is 0.533. The Morgan fingerprint density at radius 3 is 2.92 bits per heavy atom. The molecule has 2 aromatic heterocycles. The third-order valence-corrected chi connectivity index (χ3v) is 6.12. The van der Waals surface area contributed by atoms with Crippen LogP contribution in [0.4, 0.5) is 5.13 Å². The van der Waals surface area contributed by atoms with Gasteiger partial charge < -0.3 is 15.4 Å². The Hall–Kier alpha value is -1.16. The Kier molecular flexibility index (Phi) is 7.97. The summed E-state index contributed by atoms with van der Waals surface area (Å²) in [6.45, 7) is 5.53. The minimum atomic E-state index is 0.0104. The number of ether oxygens (including phenoxy) is 1. The summed E-state index contributed by atoms with van der Waals surface area (Å²) in [5.74, 6) is 0.688. The van der Waals surface area contributed by atoms with Crippen molar-refractivity contribution in [2.75, 3.05) is 31.3 Å². The molecule has 0 aliphatic rings. The number of amides is 1. The number of hydrogen-bond acceptors (Lipinski definition) is 8. The molecule has 1 amide bonds. The van der Waals surface area contributed by atoms with E-state index in [1.54, 1.807) is 18.4 Å². The quantitative estimate of drug-likeness (QED) is 0.482. The second-order valence-corrected chi connectivity index (χ2v) is 8.57. The van der Waals surface area contributed by atoms with Gasteiger partial charge in [0.2, 0.25) is 11.0 Å². The molecule has 0 aliphatic heterocycles. The number of carbonyl (C=O) groups is 1. The normalized spacial score (nSPS) is 12.3. The molecule has 0 fully saturated rings. The smallest absolute Gasteiger partial charge is 0.230 e. The fourth-order valence-electron chi connectivity index (χ4n) is 1.98. The van der Waals surface area contributed by atoms with Crippen molar-refractivity contribution in [2.45, 2.75) is 24.2 Å². The van der Waals surface area contributed by atoms with E-state index in [1.807, 2.05) is 11.4 Å². The lowest BCUT2D eigenvalue weighted by atomic mass is 10.0. The number of thiophene rings is 1. The first kappa shape index (κ1) is 19.2. The van der Waals surface area contributed by atoms with E-state index in [9.17, 15) is 4.79 Å². The second-order valence-electron chi connectivity index (χ2n) is 5.39. The molecule has 0 saturated heterocycles. The van der Waals surface area contributed by atoms with Crippen LogP contribution in [-0.4, -0.2) is 42.1 Å². The van der Waals surface area contributed by atoms with Crippen LogP contribution in [0.15, 0.2) is 21.9 Å². The molecule has 0 spiro atoms. The molecule has 2 heterocycles. The highest BCUT2D eigenvalue weighted by molar-refractivity contribution is 8.01. The van der Waals surface area contributed by atoms with Gasteiger partial charge in [0.25, 0.3) is 0 Å². The summed E-state index contributed by atoms with van der Waals surface area (Å²) in [7, 11) is 1.66. The lowest BCUT2D eigenvalue weighted by Gasteiger charge is -2.21. The summed E-state index contributed by atoms with van der Waals surface area (Å²) in [4.78, 5) is 13.4. The summed E-state index contributed by atoms with van der Waals surface area (Å²) in [5, 5.41) is 17.1. The summed E-state index contributed by atoms with van der Waals surface area (Å²) < 4.78 is 5.75. The van der Waals surface area contributed by atoms with Crippen molar-refractivity contribution in [1.29, 1.82) is 0 Å². The number of anilines is 1. The second kappa shape index (κ2) is 9.97. The number of nitrogens with zero attached hydrogens (tertiary/aromatic N) is 2. The van der Waals surface area contributed by atoms with E-state index in [4.69, 9.17) is 4.74 Å². The molecule has 0 aliphatic carbocycles. The van der Waals surface area contributed by atoms with Crippen molar-refractivity contribution in [3.05, 3.63) is 22.4 Å². The van der Waals surface area contributed by atoms with E-state index in [-0.39, 0.29) is 11.9 Å². The number of carbonyl (C=O) groups excluding carboxylic acids is 1. The zero-order valence-electron chi connectivity index (χ0n) is 13.9. The molecule has 2 aromatic rings. The monoisotopic (exact) mass is 386 g/mol. The fourth-order valence-corrected chi connectivity index (χ4v) is 4.51. The van der Waals surface area contributed by atoms with Gasteiger partial charge in [-0.15, -0.1) is 21.5 Å². The Bertz CT molecular complexity index is 616. The van der Waals surface area contributed by atoms with Crippen LogP contribution in [0.5, 0.6) is 0 Å². The predicted molar refractivity (Wildman–Crippen MR) is 101 cm³/mol. The van der Waals surface area contributed by atoms with Gasteiger partial charge in [0.15, 0.2) is 4.34 Å². The third kappa shape index (κ3) is 6.04. The summed E-state index contributed by atoms with van der Waals surface area (Å²) in [6.07, 6.45) is 0. The lowest BCUT2D eigenvalue weighted by molar-refractivity contribution is -0.119. The maximum Gasteiger partial charge on any atom is 0.230 e. The molecular weight excluding hydrogens is 364 g/mol. The number of methoxy groups -OCH3 is 1. The molecule has 9 heteroatoms. The van der Waals surface area contributed by atoms with Crippen LogP contribution in [-0.2, 0) is 9.53 Å². The van der Waals surface area contributed by atoms with E-state index in [1.165, 1.54) is 28.0 Å². The van der Waals surface area contributed by atoms with Crippen LogP contribution in [0, 0.1) is 5.92 Å². The summed E-state index contributed by atoms with van der Waals surface area (Å²) >= 11 is 4.52. The minimum Gasteiger partial charge on any atom is -0.383 e. The molecule has 0 saturated carbocycles. The van der Waals surface area contributed by atoms with E-state index in [0.29, 0.717) is 24.8 Å². The highest BCUT2D eigenvalue weighted by Gasteiger charge is 2.19. The van der Waals surface area contributed by atoms with Crippen LogP contribution >= 0.6 is 34.4 Å². The molecule has 132 valence electrons. The number of thioether (sulfide) groups is 1. The lowest BCUT2D eigenvalue weighted by Crippen LogP contribution is -2.32. The van der Waals surface area contributed by atoms with Crippen molar-refractivity contribution in [1.82, 2.24) is 15.5 Å². The molecule has 2 rings (SSSR count). The highest BCUT2D eigenvalue weighted by Crippen LogP contribution is 2.27. The number of rotatable bonds is 10. The van der Waals surface area contributed by atoms with Gasteiger partial charge in [-0.3, -0.25) is 4.79 Å². The predicted octanol–water partition coefficient (Wildman–Crippen LogP) is 3.26. The molecule has 0 bridgehead atoms. The molecule has 6 nitrogen and oxygen atoms in total. The van der Waals surface area contributed by atoms with Gasteiger partial charge in [-0.05, 0) is 17.4 Å². The highest BCUT2D eigenvalue weighted by atomic mass is 32.2. The van der Waals surface area contributed by atoms with Gasteiger partial charge in [0.05, 0.1) is 18.4 Å². The van der Waals surface area contributed by atoms with Crippen LogP contribution in [0.2, 0.25) is 0 Å². The maximum absolute atomic E-state index is 12.2. The van der Waals surface area contributed by atoms with Gasteiger partial charge >= 0.3 is 0 Å². The first-order valence-electron chi connectivity index (χ1n) is 7.62. The van der Waals surface area contributed by atoms with Crippen molar-refractivity contribution < 1.29 is 9.53 Å². The van der Waals surface area contributed by atoms with Gasteiger partial charge in [0.1, 0.15) is 0 Å². The molecule has 1 unspecified atom stereocenters. The first-order valence-corrected chi connectivity index (χ1v) is 10.3. The molecule has 0 radical (unpaired) electrons. The molecule has 2 N–H and O–H groups in total. The number of hydrogen-bond donors (Lipinski definition) is 2. The molecule has 1 atom stereocenters. The molecular formula is C15H22N4O2S3. The van der Waals surface area contributed by atoms with Gasteiger partial charge in [-0.25, -0.2) is 0 Å².